The third-order valence-corrected chi connectivity index (χ3v) is 5.44. The van der Waals surface area contributed by atoms with Crippen LogP contribution in [0, 0.1) is 0 Å². The second-order valence-corrected chi connectivity index (χ2v) is 9.32. The highest BCUT2D eigenvalue weighted by molar-refractivity contribution is 9.10. The van der Waals surface area contributed by atoms with Gasteiger partial charge in [-0.3, -0.25) is 9.52 Å². The maximum Gasteiger partial charge on any atom is 0.265 e. The molecule has 0 saturated heterocycles. The number of nitrogens with one attached hydrogen (secondary N) is 3. The van der Waals surface area contributed by atoms with Crippen molar-refractivity contribution in [2.24, 2.45) is 0 Å². The van der Waals surface area contributed by atoms with E-state index in [9.17, 15) is 13.2 Å². The summed E-state index contributed by atoms with van der Waals surface area (Å²) in [5.41, 5.74) is 3.00. The number of carbonyl (C=O) groups excluding carboxylic acids is 1. The maximum absolute atomic E-state index is 12.5. The number of thiophene rings is 1. The van der Waals surface area contributed by atoms with Crippen molar-refractivity contribution < 1.29 is 13.2 Å². The number of aromatic amines is 1. The molecule has 9 heteroatoms. The van der Waals surface area contributed by atoms with E-state index in [1.54, 1.807) is 18.2 Å². The Morgan fingerprint density at radius 2 is 2.00 bits per heavy atom. The van der Waals surface area contributed by atoms with Gasteiger partial charge in [-0.25, -0.2) is 8.42 Å². The number of halogens is 1. The molecule has 0 saturated carbocycles. The fraction of sp³-hybridized carbons (Fsp3) is 0.118. The Hall–Kier alpha value is -2.10. The summed E-state index contributed by atoms with van der Waals surface area (Å²) < 4.78 is 25.8. The number of H-pyrrole nitrogens is 1. The summed E-state index contributed by atoms with van der Waals surface area (Å²) in [5.74, 6) is -0.240. The standard InChI is InChI=1S/C17H16BrN3O3S2/c1-26(23,24)21-15-8-12(18)7-14(9-15)20-17(22)16-6-11(10-25-16)5-13-3-2-4-19-13/h2-4,6-10,19,21H,5H2,1H3,(H,20,22). The number of hydrogen-bond donors (Lipinski definition) is 3. The van der Waals surface area contributed by atoms with Crippen LogP contribution in [-0.2, 0) is 16.4 Å². The molecule has 0 aliphatic heterocycles. The van der Waals surface area contributed by atoms with E-state index in [1.165, 1.54) is 11.3 Å². The monoisotopic (exact) mass is 453 g/mol. The fourth-order valence-corrected chi connectivity index (χ4v) is 4.26. The molecule has 3 N–H and O–H groups in total. The zero-order valence-corrected chi connectivity index (χ0v) is 17.0. The molecule has 0 radical (unpaired) electrons. The van der Waals surface area contributed by atoms with Gasteiger partial charge in [-0.05, 0) is 47.3 Å². The van der Waals surface area contributed by atoms with Crippen molar-refractivity contribution in [2.75, 3.05) is 16.3 Å². The summed E-state index contributed by atoms with van der Waals surface area (Å²) in [4.78, 5) is 16.2. The molecule has 0 fully saturated rings. The number of benzene rings is 1. The van der Waals surface area contributed by atoms with E-state index in [-0.39, 0.29) is 5.91 Å². The van der Waals surface area contributed by atoms with E-state index in [4.69, 9.17) is 0 Å². The van der Waals surface area contributed by atoms with Crippen LogP contribution < -0.4 is 10.0 Å². The predicted octanol–water partition coefficient (Wildman–Crippen LogP) is 4.05. The van der Waals surface area contributed by atoms with Gasteiger partial charge >= 0.3 is 0 Å². The van der Waals surface area contributed by atoms with Crippen molar-refractivity contribution in [3.05, 3.63) is 68.6 Å². The minimum absolute atomic E-state index is 0.240. The van der Waals surface area contributed by atoms with Gasteiger partial charge in [0.25, 0.3) is 5.91 Å². The molecule has 2 aromatic heterocycles. The fourth-order valence-electron chi connectivity index (χ4n) is 2.41. The van der Waals surface area contributed by atoms with Crippen LogP contribution in [0.15, 0.2) is 52.4 Å². The quantitative estimate of drug-likeness (QED) is 0.525. The first-order chi connectivity index (χ1) is 12.3. The van der Waals surface area contributed by atoms with Gasteiger partial charge < -0.3 is 10.3 Å². The molecular weight excluding hydrogens is 438 g/mol. The second kappa shape index (κ2) is 7.65. The van der Waals surface area contributed by atoms with Crippen LogP contribution in [0.4, 0.5) is 11.4 Å². The van der Waals surface area contributed by atoms with E-state index in [2.05, 4.69) is 31.0 Å². The summed E-state index contributed by atoms with van der Waals surface area (Å²) in [7, 11) is -3.40. The normalized spacial score (nSPS) is 11.3. The van der Waals surface area contributed by atoms with Gasteiger partial charge in [-0.2, -0.15) is 0 Å². The molecule has 0 aliphatic carbocycles. The molecule has 136 valence electrons. The number of anilines is 2. The number of carbonyl (C=O) groups is 1. The van der Waals surface area contributed by atoms with Crippen LogP contribution in [0.5, 0.6) is 0 Å². The van der Waals surface area contributed by atoms with Crippen molar-refractivity contribution in [1.29, 1.82) is 0 Å². The van der Waals surface area contributed by atoms with Crippen molar-refractivity contribution in [3.63, 3.8) is 0 Å². The molecule has 3 rings (SSSR count). The van der Waals surface area contributed by atoms with Crippen molar-refractivity contribution in [3.8, 4) is 0 Å². The molecule has 2 heterocycles. The van der Waals surface area contributed by atoms with E-state index in [0.29, 0.717) is 20.7 Å². The third-order valence-electron chi connectivity index (χ3n) is 3.39. The van der Waals surface area contributed by atoms with Gasteiger partial charge in [0.1, 0.15) is 0 Å². The molecular formula is C17H16BrN3O3S2. The van der Waals surface area contributed by atoms with Crippen LogP contribution in [-0.4, -0.2) is 25.6 Å². The smallest absolute Gasteiger partial charge is 0.265 e. The van der Waals surface area contributed by atoms with Crippen molar-refractivity contribution in [1.82, 2.24) is 4.98 Å². The molecule has 0 aliphatic rings. The van der Waals surface area contributed by atoms with Gasteiger partial charge in [-0.1, -0.05) is 15.9 Å². The summed E-state index contributed by atoms with van der Waals surface area (Å²) >= 11 is 4.69. The SMILES string of the molecule is CS(=O)(=O)Nc1cc(Br)cc(NC(=O)c2cc(Cc3ccc[nH]3)cs2)c1. The Morgan fingerprint density at radius 3 is 2.69 bits per heavy atom. The van der Waals surface area contributed by atoms with Crippen LogP contribution >= 0.6 is 27.3 Å². The lowest BCUT2D eigenvalue weighted by Gasteiger charge is -2.09. The second-order valence-electron chi connectivity index (χ2n) is 5.75. The maximum atomic E-state index is 12.5. The van der Waals surface area contributed by atoms with Crippen LogP contribution in [0.25, 0.3) is 0 Å². The average Bonchev–Trinajstić information content (AvgIpc) is 3.17. The van der Waals surface area contributed by atoms with Crippen LogP contribution in [0.3, 0.4) is 0 Å². The lowest BCUT2D eigenvalue weighted by molar-refractivity contribution is 0.103. The average molecular weight is 454 g/mol. The summed E-state index contributed by atoms with van der Waals surface area (Å²) in [6, 6.07) is 10.7. The molecule has 3 aromatic rings. The lowest BCUT2D eigenvalue weighted by atomic mass is 10.2. The molecule has 26 heavy (non-hydrogen) atoms. The largest absolute Gasteiger partial charge is 0.365 e. The number of aromatic nitrogens is 1. The van der Waals surface area contributed by atoms with E-state index in [1.807, 2.05) is 29.8 Å². The lowest BCUT2D eigenvalue weighted by Crippen LogP contribution is -2.12. The number of sulfonamides is 1. The van der Waals surface area contributed by atoms with Gasteiger partial charge in [0.15, 0.2) is 0 Å². The minimum Gasteiger partial charge on any atom is -0.365 e. The number of hydrogen-bond acceptors (Lipinski definition) is 4. The Bertz CT molecular complexity index is 1030. The van der Waals surface area contributed by atoms with Gasteiger partial charge in [-0.15, -0.1) is 11.3 Å². The number of rotatable bonds is 6. The molecule has 0 atom stereocenters. The summed E-state index contributed by atoms with van der Waals surface area (Å²) in [5, 5.41) is 4.75. The highest BCUT2D eigenvalue weighted by atomic mass is 79.9. The van der Waals surface area contributed by atoms with Gasteiger partial charge in [0, 0.05) is 28.5 Å². The highest BCUT2D eigenvalue weighted by Gasteiger charge is 2.12. The van der Waals surface area contributed by atoms with E-state index >= 15 is 0 Å². The van der Waals surface area contributed by atoms with E-state index < -0.39 is 10.0 Å². The zero-order valence-electron chi connectivity index (χ0n) is 13.7. The van der Waals surface area contributed by atoms with E-state index in [0.717, 1.165) is 23.9 Å². The third kappa shape index (κ3) is 5.20. The molecule has 0 bridgehead atoms. The summed E-state index contributed by atoms with van der Waals surface area (Å²) in [6.07, 6.45) is 3.67. The molecule has 1 amide bonds. The first-order valence-corrected chi connectivity index (χ1v) is 11.1. The number of amides is 1. The van der Waals surface area contributed by atoms with Crippen LogP contribution in [0.2, 0.25) is 0 Å². The van der Waals surface area contributed by atoms with Crippen molar-refractivity contribution in [2.45, 2.75) is 6.42 Å². The highest BCUT2D eigenvalue weighted by Crippen LogP contribution is 2.25. The predicted molar refractivity (Wildman–Crippen MR) is 108 cm³/mol. The topological polar surface area (TPSA) is 91.1 Å². The Balaban J connectivity index is 1.72. The van der Waals surface area contributed by atoms with Gasteiger partial charge in [0.05, 0.1) is 16.8 Å². The molecule has 0 unspecified atom stereocenters. The Morgan fingerprint density at radius 1 is 1.23 bits per heavy atom. The molecule has 6 nitrogen and oxygen atoms in total. The van der Waals surface area contributed by atoms with Crippen LogP contribution in [0.1, 0.15) is 20.9 Å². The van der Waals surface area contributed by atoms with Gasteiger partial charge in [0.2, 0.25) is 10.0 Å². The summed E-state index contributed by atoms with van der Waals surface area (Å²) in [6.45, 7) is 0. The first kappa shape index (κ1) is 18.7. The molecule has 1 aromatic carbocycles. The zero-order chi connectivity index (χ0) is 18.7. The Kier molecular flexibility index (Phi) is 5.49. The Labute approximate surface area is 163 Å². The molecule has 0 spiro atoms. The van der Waals surface area contributed by atoms with Crippen molar-refractivity contribution >= 4 is 54.6 Å². The minimum atomic E-state index is -3.40. The first-order valence-electron chi connectivity index (χ1n) is 7.58.